The Morgan fingerprint density at radius 2 is 1.83 bits per heavy atom. The molecule has 0 aliphatic carbocycles. The van der Waals surface area contributed by atoms with Gasteiger partial charge in [-0.3, -0.25) is 0 Å². The summed E-state index contributed by atoms with van der Waals surface area (Å²) in [5.74, 6) is 0.232. The maximum atomic E-state index is 12.9. The van der Waals surface area contributed by atoms with Gasteiger partial charge < -0.3 is 10.4 Å². The van der Waals surface area contributed by atoms with E-state index in [1.165, 1.54) is 12.1 Å². The highest BCUT2D eigenvalue weighted by molar-refractivity contribution is 5.19. The number of halogens is 1. The lowest BCUT2D eigenvalue weighted by Crippen LogP contribution is -2.27. The molecule has 0 aliphatic rings. The van der Waals surface area contributed by atoms with Crippen LogP contribution < -0.4 is 5.32 Å². The summed E-state index contributed by atoms with van der Waals surface area (Å²) < 4.78 is 12.9. The largest absolute Gasteiger partial charge is 0.393 e. The highest BCUT2D eigenvalue weighted by Crippen LogP contribution is 2.17. The standard InChI is InChI=1S/C15H24FNO/c1-4-15(13-5-7-14(16)8-6-13)17-10-11(2)9-12(3)18/h5-8,11-12,15,17-18H,4,9-10H2,1-3H3. The number of nitrogens with one attached hydrogen (secondary N) is 1. The zero-order chi connectivity index (χ0) is 13.5. The van der Waals surface area contributed by atoms with Crippen LogP contribution >= 0.6 is 0 Å². The molecule has 2 nitrogen and oxygen atoms in total. The quantitative estimate of drug-likeness (QED) is 0.781. The van der Waals surface area contributed by atoms with E-state index in [1.807, 2.05) is 19.1 Å². The first-order valence-corrected chi connectivity index (χ1v) is 6.69. The van der Waals surface area contributed by atoms with Crippen molar-refractivity contribution < 1.29 is 9.50 Å². The molecule has 0 radical (unpaired) electrons. The van der Waals surface area contributed by atoms with E-state index in [4.69, 9.17) is 0 Å². The van der Waals surface area contributed by atoms with Crippen molar-refractivity contribution in [3.8, 4) is 0 Å². The lowest BCUT2D eigenvalue weighted by atomic mass is 10.0. The van der Waals surface area contributed by atoms with Crippen molar-refractivity contribution in [1.82, 2.24) is 5.32 Å². The topological polar surface area (TPSA) is 32.3 Å². The Hall–Kier alpha value is -0.930. The van der Waals surface area contributed by atoms with E-state index in [0.717, 1.165) is 24.9 Å². The van der Waals surface area contributed by atoms with Gasteiger partial charge >= 0.3 is 0 Å². The Morgan fingerprint density at radius 1 is 1.22 bits per heavy atom. The van der Waals surface area contributed by atoms with Gasteiger partial charge in [-0.15, -0.1) is 0 Å². The van der Waals surface area contributed by atoms with Crippen molar-refractivity contribution in [2.45, 2.75) is 45.8 Å². The van der Waals surface area contributed by atoms with Crippen LogP contribution in [0.5, 0.6) is 0 Å². The minimum absolute atomic E-state index is 0.198. The van der Waals surface area contributed by atoms with Crippen LogP contribution in [0.1, 0.15) is 45.2 Å². The lowest BCUT2D eigenvalue weighted by molar-refractivity contribution is 0.162. The molecule has 1 aromatic carbocycles. The molecule has 0 aliphatic heterocycles. The van der Waals surface area contributed by atoms with E-state index in [2.05, 4.69) is 19.2 Å². The van der Waals surface area contributed by atoms with Crippen molar-refractivity contribution in [2.75, 3.05) is 6.54 Å². The van der Waals surface area contributed by atoms with Crippen LogP contribution in [-0.4, -0.2) is 17.8 Å². The molecule has 102 valence electrons. The Balaban J connectivity index is 2.49. The van der Waals surface area contributed by atoms with Crippen molar-refractivity contribution in [2.24, 2.45) is 5.92 Å². The molecule has 0 spiro atoms. The van der Waals surface area contributed by atoms with Gasteiger partial charge in [-0.2, -0.15) is 0 Å². The predicted molar refractivity (Wildman–Crippen MR) is 72.9 cm³/mol. The predicted octanol–water partition coefficient (Wildman–Crippen LogP) is 3.27. The molecule has 3 unspecified atom stereocenters. The number of aliphatic hydroxyl groups excluding tert-OH is 1. The summed E-state index contributed by atoms with van der Waals surface area (Å²) in [6.07, 6.45) is 1.51. The molecule has 1 aromatic rings. The second kappa shape index (κ2) is 7.49. The van der Waals surface area contributed by atoms with Gasteiger partial charge in [-0.05, 0) is 49.9 Å². The van der Waals surface area contributed by atoms with Crippen LogP contribution in [0.15, 0.2) is 24.3 Å². The van der Waals surface area contributed by atoms with Gasteiger partial charge in [0.2, 0.25) is 0 Å². The van der Waals surface area contributed by atoms with Crippen molar-refractivity contribution >= 4 is 0 Å². The Morgan fingerprint density at radius 3 is 2.33 bits per heavy atom. The van der Waals surface area contributed by atoms with Crippen LogP contribution in [0.4, 0.5) is 4.39 Å². The van der Waals surface area contributed by atoms with Gasteiger partial charge in [0.05, 0.1) is 6.10 Å². The SMILES string of the molecule is CCC(NCC(C)CC(C)O)c1ccc(F)cc1. The molecule has 0 fully saturated rings. The third-order valence-corrected chi connectivity index (χ3v) is 3.14. The van der Waals surface area contributed by atoms with E-state index < -0.39 is 0 Å². The molecule has 0 amide bonds. The van der Waals surface area contributed by atoms with E-state index >= 15 is 0 Å². The fraction of sp³-hybridized carbons (Fsp3) is 0.600. The number of aliphatic hydroxyl groups is 1. The first-order valence-electron chi connectivity index (χ1n) is 6.69. The van der Waals surface area contributed by atoms with Crippen molar-refractivity contribution in [1.29, 1.82) is 0 Å². The summed E-state index contributed by atoms with van der Waals surface area (Å²) in [6, 6.07) is 6.91. The normalized spacial score (nSPS) is 16.3. The molecule has 0 bridgehead atoms. The van der Waals surface area contributed by atoms with Crippen molar-refractivity contribution in [3.05, 3.63) is 35.6 Å². The average Bonchev–Trinajstić information content (AvgIpc) is 2.31. The Labute approximate surface area is 109 Å². The molecule has 0 saturated heterocycles. The van der Waals surface area contributed by atoms with Gasteiger partial charge in [0.1, 0.15) is 5.82 Å². The second-order valence-electron chi connectivity index (χ2n) is 5.11. The van der Waals surface area contributed by atoms with E-state index in [0.29, 0.717) is 5.92 Å². The smallest absolute Gasteiger partial charge is 0.123 e. The molecule has 2 N–H and O–H groups in total. The summed E-state index contributed by atoms with van der Waals surface area (Å²) in [5, 5.41) is 12.8. The molecule has 1 rings (SSSR count). The number of hydrogen-bond acceptors (Lipinski definition) is 2. The summed E-state index contributed by atoms with van der Waals surface area (Å²) >= 11 is 0. The highest BCUT2D eigenvalue weighted by atomic mass is 19.1. The third-order valence-electron chi connectivity index (χ3n) is 3.14. The molecule has 0 saturated carbocycles. The maximum absolute atomic E-state index is 12.9. The maximum Gasteiger partial charge on any atom is 0.123 e. The van der Waals surface area contributed by atoms with Gasteiger partial charge in [-0.25, -0.2) is 4.39 Å². The highest BCUT2D eigenvalue weighted by Gasteiger charge is 2.11. The summed E-state index contributed by atoms with van der Waals surface area (Å²) in [5.41, 5.74) is 1.11. The number of rotatable bonds is 7. The molecule has 3 heteroatoms. The van der Waals surface area contributed by atoms with Gasteiger partial charge in [-0.1, -0.05) is 26.0 Å². The van der Waals surface area contributed by atoms with E-state index in [-0.39, 0.29) is 18.0 Å². The molecule has 18 heavy (non-hydrogen) atoms. The number of hydrogen-bond donors (Lipinski definition) is 2. The van der Waals surface area contributed by atoms with Crippen LogP contribution in [-0.2, 0) is 0 Å². The molecule has 0 aromatic heterocycles. The van der Waals surface area contributed by atoms with Crippen LogP contribution in [0, 0.1) is 11.7 Å². The lowest BCUT2D eigenvalue weighted by Gasteiger charge is -2.21. The van der Waals surface area contributed by atoms with E-state index in [9.17, 15) is 9.50 Å². The minimum Gasteiger partial charge on any atom is -0.393 e. The monoisotopic (exact) mass is 253 g/mol. The van der Waals surface area contributed by atoms with Crippen LogP contribution in [0.25, 0.3) is 0 Å². The zero-order valence-corrected chi connectivity index (χ0v) is 11.5. The molecule has 0 heterocycles. The van der Waals surface area contributed by atoms with Gasteiger partial charge in [0.25, 0.3) is 0 Å². The van der Waals surface area contributed by atoms with Gasteiger partial charge in [0, 0.05) is 6.04 Å². The minimum atomic E-state index is -0.257. The molecule has 3 atom stereocenters. The van der Waals surface area contributed by atoms with Gasteiger partial charge in [0.15, 0.2) is 0 Å². The summed E-state index contributed by atoms with van der Waals surface area (Å²) in [4.78, 5) is 0. The second-order valence-corrected chi connectivity index (χ2v) is 5.11. The van der Waals surface area contributed by atoms with Crippen molar-refractivity contribution in [3.63, 3.8) is 0 Å². The Kier molecular flexibility index (Phi) is 6.30. The Bertz CT molecular complexity index is 337. The first-order chi connectivity index (χ1) is 8.52. The summed E-state index contributed by atoms with van der Waals surface area (Å²) in [7, 11) is 0. The number of benzene rings is 1. The molecular weight excluding hydrogens is 229 g/mol. The average molecular weight is 253 g/mol. The van der Waals surface area contributed by atoms with Crippen LogP contribution in [0.3, 0.4) is 0 Å². The zero-order valence-electron chi connectivity index (χ0n) is 11.5. The fourth-order valence-corrected chi connectivity index (χ4v) is 2.20. The van der Waals surface area contributed by atoms with Crippen LogP contribution in [0.2, 0.25) is 0 Å². The summed E-state index contributed by atoms with van der Waals surface area (Å²) in [6.45, 7) is 6.91. The fourth-order valence-electron chi connectivity index (χ4n) is 2.20. The van der Waals surface area contributed by atoms with E-state index in [1.54, 1.807) is 0 Å². The molecular formula is C15H24FNO. The first kappa shape index (κ1) is 15.1. The third kappa shape index (κ3) is 5.15.